The molecule has 1 nitrogen and oxygen atoms in total. The van der Waals surface area contributed by atoms with Crippen molar-refractivity contribution in [3.63, 3.8) is 0 Å². The molecule has 4 unspecified atom stereocenters. The van der Waals surface area contributed by atoms with Gasteiger partial charge in [-0.05, 0) is 67.6 Å². The molecule has 0 bridgehead atoms. The summed E-state index contributed by atoms with van der Waals surface area (Å²) in [4.78, 5) is 0. The van der Waals surface area contributed by atoms with Crippen molar-refractivity contribution >= 4 is 0 Å². The minimum atomic E-state index is -0.0175. The number of hydrogen-bond acceptors (Lipinski definition) is 1. The van der Waals surface area contributed by atoms with Gasteiger partial charge in [0.05, 0.1) is 6.10 Å². The Hall–Kier alpha value is -0.0400. The Morgan fingerprint density at radius 2 is 1.50 bits per heavy atom. The van der Waals surface area contributed by atoms with Crippen molar-refractivity contribution < 1.29 is 5.11 Å². The first kappa shape index (κ1) is 14.4. The highest BCUT2D eigenvalue weighted by atomic mass is 16.3. The summed E-state index contributed by atoms with van der Waals surface area (Å²) in [5.74, 6) is 2.84. The van der Waals surface area contributed by atoms with E-state index in [0.717, 1.165) is 11.8 Å². The molecule has 1 heteroatoms. The highest BCUT2D eigenvalue weighted by Gasteiger charge is 2.36. The van der Waals surface area contributed by atoms with Gasteiger partial charge < -0.3 is 5.11 Å². The van der Waals surface area contributed by atoms with Crippen LogP contribution in [-0.4, -0.2) is 11.2 Å². The van der Waals surface area contributed by atoms with Gasteiger partial charge in [-0.15, -0.1) is 0 Å². The first-order chi connectivity index (χ1) is 8.39. The van der Waals surface area contributed by atoms with Crippen molar-refractivity contribution in [1.29, 1.82) is 0 Å². The molecule has 106 valence electrons. The van der Waals surface area contributed by atoms with Crippen LogP contribution in [0, 0.1) is 29.1 Å². The molecule has 2 aliphatic rings. The molecule has 0 aromatic carbocycles. The Kier molecular flexibility index (Phi) is 4.41. The fourth-order valence-electron chi connectivity index (χ4n) is 4.05. The van der Waals surface area contributed by atoms with Crippen molar-refractivity contribution in [3.8, 4) is 0 Å². The summed E-state index contributed by atoms with van der Waals surface area (Å²) in [6.45, 7) is 9.49. The lowest BCUT2D eigenvalue weighted by Gasteiger charge is -2.41. The molecule has 0 aliphatic heterocycles. The third-order valence-corrected chi connectivity index (χ3v) is 5.99. The Balaban J connectivity index is 1.86. The fraction of sp³-hybridized carbons (Fsp3) is 1.00. The molecular formula is C17H32O. The summed E-state index contributed by atoms with van der Waals surface area (Å²) in [5, 5.41) is 10.7. The Morgan fingerprint density at radius 3 is 2.06 bits per heavy atom. The van der Waals surface area contributed by atoms with Crippen LogP contribution in [-0.2, 0) is 0 Å². The maximum absolute atomic E-state index is 10.7. The highest BCUT2D eigenvalue weighted by Crippen LogP contribution is 2.43. The molecule has 2 rings (SSSR count). The summed E-state index contributed by atoms with van der Waals surface area (Å²) >= 11 is 0. The Morgan fingerprint density at radius 1 is 0.889 bits per heavy atom. The van der Waals surface area contributed by atoms with Gasteiger partial charge >= 0.3 is 0 Å². The van der Waals surface area contributed by atoms with Crippen LogP contribution in [0.3, 0.4) is 0 Å². The zero-order chi connectivity index (χ0) is 13.3. The molecule has 1 N–H and O–H groups in total. The van der Waals surface area contributed by atoms with E-state index in [1.807, 2.05) is 0 Å². The zero-order valence-electron chi connectivity index (χ0n) is 12.8. The monoisotopic (exact) mass is 252 g/mol. The summed E-state index contributed by atoms with van der Waals surface area (Å²) in [5.41, 5.74) is 0.518. The van der Waals surface area contributed by atoms with Gasteiger partial charge in [0.15, 0.2) is 0 Å². The molecule has 0 saturated heterocycles. The van der Waals surface area contributed by atoms with Gasteiger partial charge in [0.25, 0.3) is 0 Å². The number of aliphatic hydroxyl groups is 1. The van der Waals surface area contributed by atoms with Crippen LogP contribution in [0.4, 0.5) is 0 Å². The molecule has 2 saturated carbocycles. The van der Waals surface area contributed by atoms with Crippen molar-refractivity contribution in [3.05, 3.63) is 0 Å². The number of hydrogen-bond donors (Lipinski definition) is 1. The molecule has 2 fully saturated rings. The molecule has 0 aromatic heterocycles. The summed E-state index contributed by atoms with van der Waals surface area (Å²) in [7, 11) is 0. The second-order valence-corrected chi connectivity index (χ2v) is 8.02. The first-order valence-corrected chi connectivity index (χ1v) is 8.07. The van der Waals surface area contributed by atoms with E-state index in [-0.39, 0.29) is 6.10 Å². The third-order valence-electron chi connectivity index (χ3n) is 5.99. The van der Waals surface area contributed by atoms with E-state index in [4.69, 9.17) is 0 Å². The Labute approximate surface area is 113 Å². The summed E-state index contributed by atoms with van der Waals surface area (Å²) < 4.78 is 0. The van der Waals surface area contributed by atoms with Crippen LogP contribution in [0.25, 0.3) is 0 Å². The molecule has 4 atom stereocenters. The first-order valence-electron chi connectivity index (χ1n) is 8.07. The van der Waals surface area contributed by atoms with E-state index in [9.17, 15) is 5.11 Å². The summed E-state index contributed by atoms with van der Waals surface area (Å²) in [6, 6.07) is 0. The van der Waals surface area contributed by atoms with Crippen molar-refractivity contribution in [1.82, 2.24) is 0 Å². The molecule has 2 aliphatic carbocycles. The van der Waals surface area contributed by atoms with Gasteiger partial charge in [-0.2, -0.15) is 0 Å². The second-order valence-electron chi connectivity index (χ2n) is 8.02. The largest absolute Gasteiger partial charge is 0.393 e. The van der Waals surface area contributed by atoms with Gasteiger partial charge in [-0.3, -0.25) is 0 Å². The van der Waals surface area contributed by atoms with Crippen LogP contribution in [0.2, 0.25) is 0 Å². The van der Waals surface area contributed by atoms with E-state index in [0.29, 0.717) is 17.3 Å². The molecule has 0 aromatic rings. The standard InChI is InChI=1S/C17H32O/c1-12-5-6-15(11-13(12)2)16(18)14-7-9-17(3,4)10-8-14/h12-16,18H,5-11H2,1-4H3. The molecule has 18 heavy (non-hydrogen) atoms. The van der Waals surface area contributed by atoms with E-state index < -0.39 is 0 Å². The predicted octanol–water partition coefficient (Wildman–Crippen LogP) is 4.64. The van der Waals surface area contributed by atoms with Crippen molar-refractivity contribution in [2.75, 3.05) is 0 Å². The SMILES string of the molecule is CC1CCC(C(O)C2CCC(C)(C)CC2)CC1C. The lowest BCUT2D eigenvalue weighted by molar-refractivity contribution is -0.0104. The van der Waals surface area contributed by atoms with Crippen LogP contribution in [0.15, 0.2) is 0 Å². The molecule has 0 radical (unpaired) electrons. The van der Waals surface area contributed by atoms with E-state index in [1.165, 1.54) is 44.9 Å². The van der Waals surface area contributed by atoms with Crippen molar-refractivity contribution in [2.24, 2.45) is 29.1 Å². The maximum atomic E-state index is 10.7. The van der Waals surface area contributed by atoms with Gasteiger partial charge in [0.1, 0.15) is 0 Å². The van der Waals surface area contributed by atoms with Gasteiger partial charge in [0, 0.05) is 0 Å². The predicted molar refractivity (Wildman–Crippen MR) is 77.4 cm³/mol. The van der Waals surface area contributed by atoms with E-state index in [1.54, 1.807) is 0 Å². The normalized spacial score (nSPS) is 39.5. The quantitative estimate of drug-likeness (QED) is 0.759. The second kappa shape index (κ2) is 5.53. The van der Waals surface area contributed by atoms with Crippen LogP contribution in [0.5, 0.6) is 0 Å². The molecule has 0 heterocycles. The van der Waals surface area contributed by atoms with E-state index >= 15 is 0 Å². The number of rotatable bonds is 2. The fourth-order valence-corrected chi connectivity index (χ4v) is 4.05. The van der Waals surface area contributed by atoms with Crippen LogP contribution in [0.1, 0.15) is 72.6 Å². The zero-order valence-corrected chi connectivity index (χ0v) is 12.8. The lowest BCUT2D eigenvalue weighted by atomic mass is 9.66. The average molecular weight is 252 g/mol. The van der Waals surface area contributed by atoms with Crippen LogP contribution < -0.4 is 0 Å². The van der Waals surface area contributed by atoms with Crippen molar-refractivity contribution in [2.45, 2.75) is 78.7 Å². The van der Waals surface area contributed by atoms with Crippen LogP contribution >= 0.6 is 0 Å². The minimum absolute atomic E-state index is 0.0175. The maximum Gasteiger partial charge on any atom is 0.0596 e. The van der Waals surface area contributed by atoms with Gasteiger partial charge in [0.2, 0.25) is 0 Å². The van der Waals surface area contributed by atoms with Gasteiger partial charge in [-0.1, -0.05) is 34.1 Å². The molecule has 0 spiro atoms. The Bertz CT molecular complexity index is 261. The lowest BCUT2D eigenvalue weighted by Crippen LogP contribution is -2.37. The third kappa shape index (κ3) is 3.29. The molecular weight excluding hydrogens is 220 g/mol. The van der Waals surface area contributed by atoms with E-state index in [2.05, 4.69) is 27.7 Å². The highest BCUT2D eigenvalue weighted by molar-refractivity contribution is 4.87. The smallest absolute Gasteiger partial charge is 0.0596 e. The topological polar surface area (TPSA) is 20.2 Å². The molecule has 0 amide bonds. The minimum Gasteiger partial charge on any atom is -0.393 e. The van der Waals surface area contributed by atoms with Gasteiger partial charge in [-0.25, -0.2) is 0 Å². The number of aliphatic hydroxyl groups excluding tert-OH is 1. The summed E-state index contributed by atoms with van der Waals surface area (Å²) in [6.07, 6.45) is 8.90. The average Bonchev–Trinajstić information content (AvgIpc) is 2.32.